The molecule has 2 rings (SSSR count). The van der Waals surface area contributed by atoms with Gasteiger partial charge < -0.3 is 14.4 Å². The van der Waals surface area contributed by atoms with Gasteiger partial charge in [-0.25, -0.2) is 4.79 Å². The van der Waals surface area contributed by atoms with Gasteiger partial charge in [0.2, 0.25) is 0 Å². The van der Waals surface area contributed by atoms with Crippen LogP contribution in [-0.2, 0) is 10.9 Å². The lowest BCUT2D eigenvalue weighted by Crippen LogP contribution is -2.36. The number of nitrogens with zero attached hydrogens (tertiary/aromatic N) is 2. The Hall–Kier alpha value is -2.43. The molecule has 0 aromatic heterocycles. The molecular formula is C17H19F3N2O3. The summed E-state index contributed by atoms with van der Waals surface area (Å²) in [6, 6.07) is 4.55. The van der Waals surface area contributed by atoms with Gasteiger partial charge in [0, 0.05) is 13.0 Å². The van der Waals surface area contributed by atoms with E-state index in [4.69, 9.17) is 14.7 Å². The summed E-state index contributed by atoms with van der Waals surface area (Å²) in [5.41, 5.74) is -1.50. The van der Waals surface area contributed by atoms with E-state index in [0.717, 1.165) is 18.2 Å². The van der Waals surface area contributed by atoms with E-state index in [2.05, 4.69) is 0 Å². The van der Waals surface area contributed by atoms with E-state index in [-0.39, 0.29) is 17.9 Å². The molecule has 0 saturated carbocycles. The number of hydrogen-bond donors (Lipinski definition) is 0. The van der Waals surface area contributed by atoms with Crippen molar-refractivity contribution in [3.05, 3.63) is 29.3 Å². The Morgan fingerprint density at radius 3 is 2.56 bits per heavy atom. The van der Waals surface area contributed by atoms with Crippen molar-refractivity contribution < 1.29 is 27.4 Å². The molecule has 1 fully saturated rings. The van der Waals surface area contributed by atoms with Crippen LogP contribution in [-0.4, -0.2) is 35.8 Å². The van der Waals surface area contributed by atoms with Crippen LogP contribution in [0.1, 0.15) is 38.3 Å². The molecule has 1 aromatic rings. The summed E-state index contributed by atoms with van der Waals surface area (Å²) in [5.74, 6) is -0.131. The van der Waals surface area contributed by atoms with Crippen molar-refractivity contribution in [2.45, 2.75) is 45.1 Å². The summed E-state index contributed by atoms with van der Waals surface area (Å²) in [4.78, 5) is 13.5. The van der Waals surface area contributed by atoms with Crippen LogP contribution in [0.3, 0.4) is 0 Å². The highest BCUT2D eigenvalue weighted by Gasteiger charge is 2.34. The number of benzene rings is 1. The summed E-state index contributed by atoms with van der Waals surface area (Å²) in [6.45, 7) is 5.81. The number of amides is 1. The van der Waals surface area contributed by atoms with Crippen molar-refractivity contribution in [1.82, 2.24) is 4.90 Å². The number of carbonyl (C=O) groups is 1. The lowest BCUT2D eigenvalue weighted by Gasteiger charge is -2.24. The monoisotopic (exact) mass is 356 g/mol. The smallest absolute Gasteiger partial charge is 0.416 e. The predicted molar refractivity (Wildman–Crippen MR) is 83.0 cm³/mol. The Kier molecular flexibility index (Phi) is 5.16. The third-order valence-electron chi connectivity index (χ3n) is 3.52. The second-order valence-electron chi connectivity index (χ2n) is 6.78. The van der Waals surface area contributed by atoms with Gasteiger partial charge in [0.15, 0.2) is 0 Å². The van der Waals surface area contributed by atoms with E-state index in [0.29, 0.717) is 13.0 Å². The first-order valence-corrected chi connectivity index (χ1v) is 7.75. The molecule has 1 aliphatic heterocycles. The van der Waals surface area contributed by atoms with Gasteiger partial charge in [-0.05, 0) is 39.0 Å². The number of ether oxygens (including phenoxy) is 2. The molecule has 0 bridgehead atoms. The van der Waals surface area contributed by atoms with Crippen molar-refractivity contribution >= 4 is 6.09 Å². The number of likely N-dealkylation sites (tertiary alicyclic amines) is 1. The number of alkyl halides is 3. The standard InChI is InChI=1S/C17H19F3N2O3/c1-16(2,3)25-15(23)22-7-6-13(10-22)24-14-8-12(17(18,19)20)5-4-11(14)9-21/h4-5,8,13H,6-7,10H2,1-3H3. The van der Waals surface area contributed by atoms with Crippen molar-refractivity contribution in [3.63, 3.8) is 0 Å². The Bertz CT molecular complexity index is 690. The topological polar surface area (TPSA) is 62.6 Å². The summed E-state index contributed by atoms with van der Waals surface area (Å²) >= 11 is 0. The molecule has 1 aliphatic rings. The zero-order valence-electron chi connectivity index (χ0n) is 14.2. The van der Waals surface area contributed by atoms with Crippen LogP contribution in [0.4, 0.5) is 18.0 Å². The second kappa shape index (κ2) is 6.82. The minimum absolute atomic E-state index is 0.0173. The first-order chi connectivity index (χ1) is 11.5. The molecule has 1 unspecified atom stereocenters. The van der Waals surface area contributed by atoms with Crippen molar-refractivity contribution in [2.75, 3.05) is 13.1 Å². The highest BCUT2D eigenvalue weighted by atomic mass is 19.4. The Morgan fingerprint density at radius 1 is 1.32 bits per heavy atom. The summed E-state index contributed by atoms with van der Waals surface area (Å²) in [7, 11) is 0. The summed E-state index contributed by atoms with van der Waals surface area (Å²) < 4.78 is 49.3. The quantitative estimate of drug-likeness (QED) is 0.804. The minimum atomic E-state index is -4.52. The van der Waals surface area contributed by atoms with Crippen LogP contribution in [0.5, 0.6) is 5.75 Å². The maximum absolute atomic E-state index is 12.8. The number of nitriles is 1. The summed E-state index contributed by atoms with van der Waals surface area (Å²) in [6.07, 6.45) is -5.07. The van der Waals surface area contributed by atoms with Gasteiger partial charge in [0.1, 0.15) is 23.5 Å². The van der Waals surface area contributed by atoms with Crippen LogP contribution < -0.4 is 4.74 Å². The lowest BCUT2D eigenvalue weighted by atomic mass is 10.1. The molecule has 136 valence electrons. The number of rotatable bonds is 2. The highest BCUT2D eigenvalue weighted by molar-refractivity contribution is 5.68. The molecule has 1 heterocycles. The average Bonchev–Trinajstić information content (AvgIpc) is 2.93. The van der Waals surface area contributed by atoms with E-state index in [1.54, 1.807) is 20.8 Å². The van der Waals surface area contributed by atoms with Gasteiger partial charge in [-0.2, -0.15) is 18.4 Å². The van der Waals surface area contributed by atoms with Gasteiger partial charge in [-0.3, -0.25) is 0 Å². The van der Waals surface area contributed by atoms with Crippen LogP contribution in [0.2, 0.25) is 0 Å². The molecule has 25 heavy (non-hydrogen) atoms. The fourth-order valence-corrected chi connectivity index (χ4v) is 2.38. The van der Waals surface area contributed by atoms with Crippen molar-refractivity contribution in [3.8, 4) is 11.8 Å². The predicted octanol–water partition coefficient (Wildman–Crippen LogP) is 3.97. The van der Waals surface area contributed by atoms with Crippen LogP contribution in [0, 0.1) is 11.3 Å². The molecule has 1 atom stereocenters. The molecule has 1 aromatic carbocycles. The van der Waals surface area contributed by atoms with Gasteiger partial charge in [0.25, 0.3) is 0 Å². The maximum Gasteiger partial charge on any atom is 0.416 e. The van der Waals surface area contributed by atoms with Crippen molar-refractivity contribution in [2.24, 2.45) is 0 Å². The molecule has 0 radical (unpaired) electrons. The summed E-state index contributed by atoms with van der Waals surface area (Å²) in [5, 5.41) is 9.06. The van der Waals surface area contributed by atoms with Gasteiger partial charge >= 0.3 is 12.3 Å². The van der Waals surface area contributed by atoms with Crippen LogP contribution >= 0.6 is 0 Å². The molecule has 0 N–H and O–H groups in total. The SMILES string of the molecule is CC(C)(C)OC(=O)N1CCC(Oc2cc(C(F)(F)F)ccc2C#N)C1. The Balaban J connectivity index is 2.08. The normalized spacial score (nSPS) is 18.0. The first kappa shape index (κ1) is 18.9. The van der Waals surface area contributed by atoms with E-state index >= 15 is 0 Å². The minimum Gasteiger partial charge on any atom is -0.487 e. The molecule has 1 saturated heterocycles. The highest BCUT2D eigenvalue weighted by Crippen LogP contribution is 2.34. The van der Waals surface area contributed by atoms with Crippen LogP contribution in [0.15, 0.2) is 18.2 Å². The third kappa shape index (κ3) is 5.02. The average molecular weight is 356 g/mol. The van der Waals surface area contributed by atoms with Crippen molar-refractivity contribution in [1.29, 1.82) is 5.26 Å². The lowest BCUT2D eigenvalue weighted by molar-refractivity contribution is -0.137. The van der Waals surface area contributed by atoms with Gasteiger partial charge in [-0.15, -0.1) is 0 Å². The molecule has 5 nitrogen and oxygen atoms in total. The fourth-order valence-electron chi connectivity index (χ4n) is 2.38. The third-order valence-corrected chi connectivity index (χ3v) is 3.52. The first-order valence-electron chi connectivity index (χ1n) is 7.75. The Labute approximate surface area is 143 Å². The zero-order valence-corrected chi connectivity index (χ0v) is 14.2. The van der Waals surface area contributed by atoms with Crippen LogP contribution in [0.25, 0.3) is 0 Å². The van der Waals surface area contributed by atoms with Gasteiger partial charge in [-0.1, -0.05) is 0 Å². The molecule has 1 amide bonds. The molecular weight excluding hydrogens is 337 g/mol. The maximum atomic E-state index is 12.8. The zero-order chi connectivity index (χ0) is 18.8. The van der Waals surface area contributed by atoms with E-state index < -0.39 is 29.5 Å². The van der Waals surface area contributed by atoms with Gasteiger partial charge in [0.05, 0.1) is 17.7 Å². The molecule has 0 aliphatic carbocycles. The molecule has 0 spiro atoms. The van der Waals surface area contributed by atoms with E-state index in [9.17, 15) is 18.0 Å². The number of hydrogen-bond acceptors (Lipinski definition) is 4. The van der Waals surface area contributed by atoms with E-state index in [1.165, 1.54) is 4.90 Å². The largest absolute Gasteiger partial charge is 0.487 e. The Morgan fingerprint density at radius 2 is 2.00 bits per heavy atom. The second-order valence-corrected chi connectivity index (χ2v) is 6.78. The number of carbonyl (C=O) groups excluding carboxylic acids is 1. The fraction of sp³-hybridized carbons (Fsp3) is 0.529. The molecule has 8 heteroatoms. The number of halogens is 3. The van der Waals surface area contributed by atoms with E-state index in [1.807, 2.05) is 6.07 Å².